The zero-order chi connectivity index (χ0) is 30.6. The van der Waals surface area contributed by atoms with Gasteiger partial charge < -0.3 is 43.6 Å². The number of ether oxygens (including phenoxy) is 8. The third kappa shape index (κ3) is 22.9. The average Bonchev–Trinajstić information content (AvgIpc) is 2.99. The van der Waals surface area contributed by atoms with Gasteiger partial charge in [0.1, 0.15) is 26.4 Å². The van der Waals surface area contributed by atoms with Crippen molar-refractivity contribution < 1.29 is 57.1 Å². The summed E-state index contributed by atoms with van der Waals surface area (Å²) in [5.41, 5.74) is 10.3. The van der Waals surface area contributed by atoms with Crippen LogP contribution >= 0.6 is 0 Å². The number of carbonyl (C=O) groups is 4. The predicted octanol–water partition coefficient (Wildman–Crippen LogP) is -5.40. The highest BCUT2D eigenvalue weighted by Crippen LogP contribution is 2.21. The monoisotopic (exact) mass is 599 g/mol. The molecule has 0 aromatic rings. The quantitative estimate of drug-likeness (QED) is 0.0183. The summed E-state index contributed by atoms with van der Waals surface area (Å²) in [6, 6.07) is 0. The van der Waals surface area contributed by atoms with Gasteiger partial charge in [-0.15, -0.1) is 0 Å². The minimum absolute atomic E-state index is 0.0961. The van der Waals surface area contributed by atoms with E-state index >= 15 is 0 Å². The zero-order valence-electron chi connectivity index (χ0n) is 23.2. The van der Waals surface area contributed by atoms with Gasteiger partial charge in [0.25, 0.3) is 17.7 Å². The number of hydrogen-bond acceptors (Lipinski definition) is 16. The Hall–Kier alpha value is -2.40. The molecular formula is C22H45N7O12. The Morgan fingerprint density at radius 3 is 1.00 bits per heavy atom. The van der Waals surface area contributed by atoms with E-state index in [1.807, 2.05) is 16.3 Å². The van der Waals surface area contributed by atoms with Crippen LogP contribution in [0.25, 0.3) is 0 Å². The molecule has 0 aromatic carbocycles. The molecule has 41 heavy (non-hydrogen) atoms. The molecule has 0 atom stereocenters. The Labute approximate surface area is 238 Å². The van der Waals surface area contributed by atoms with Crippen LogP contribution in [0.2, 0.25) is 0 Å². The highest BCUT2D eigenvalue weighted by atomic mass is 16.6. The van der Waals surface area contributed by atoms with Crippen LogP contribution in [0.4, 0.5) is 0 Å². The summed E-state index contributed by atoms with van der Waals surface area (Å²) < 4.78 is 43.9. The van der Waals surface area contributed by atoms with Crippen LogP contribution < -0.4 is 39.5 Å². The lowest BCUT2D eigenvalue weighted by atomic mass is 9.92. The van der Waals surface area contributed by atoms with Gasteiger partial charge in [0.05, 0.1) is 91.2 Å². The smallest absolute Gasteiger partial charge is 0.259 e. The number of hydrogen-bond donors (Lipinski definition) is 7. The molecule has 0 aliphatic rings. The lowest BCUT2D eigenvalue weighted by molar-refractivity contribution is -0.132. The zero-order valence-corrected chi connectivity index (χ0v) is 23.2. The maximum Gasteiger partial charge on any atom is 0.259 e. The fourth-order valence-corrected chi connectivity index (χ4v) is 2.74. The van der Waals surface area contributed by atoms with Crippen LogP contribution in [-0.2, 0) is 57.1 Å². The number of ketones is 1. The standard InChI is InChI=1S/C22H45N7O12/c23-9-18(30)10-34-1-5-38-14-22(15-39-6-2-35-11-19(31)27-24,16-40-7-3-36-12-20(32)28-25)17-41-8-4-37-13-21(33)29-26/h1-17,23-26H2,(H,27,31)(H,28,32)(H,29,33). The normalized spacial score (nSPS) is 11.3. The molecule has 0 rings (SSSR count). The Kier molecular flexibility index (Phi) is 24.9. The van der Waals surface area contributed by atoms with Crippen LogP contribution in [0.15, 0.2) is 0 Å². The third-order valence-corrected chi connectivity index (χ3v) is 4.79. The van der Waals surface area contributed by atoms with E-state index in [1.54, 1.807) is 0 Å². The van der Waals surface area contributed by atoms with Crippen molar-refractivity contribution >= 4 is 23.5 Å². The molecule has 0 saturated carbocycles. The molecule has 0 aliphatic carbocycles. The second kappa shape index (κ2) is 26.5. The lowest BCUT2D eigenvalue weighted by Gasteiger charge is -2.33. The van der Waals surface area contributed by atoms with Crippen molar-refractivity contribution in [2.75, 3.05) is 112 Å². The van der Waals surface area contributed by atoms with Gasteiger partial charge in [0, 0.05) is 0 Å². The molecular weight excluding hydrogens is 554 g/mol. The topological polar surface area (TPSA) is 282 Å². The second-order valence-corrected chi connectivity index (χ2v) is 8.37. The van der Waals surface area contributed by atoms with Gasteiger partial charge in [-0.1, -0.05) is 0 Å². The summed E-state index contributed by atoms with van der Waals surface area (Å²) in [6.07, 6.45) is 0. The molecule has 240 valence electrons. The minimum Gasteiger partial charge on any atom is -0.378 e. The van der Waals surface area contributed by atoms with Crippen molar-refractivity contribution in [2.45, 2.75) is 0 Å². The summed E-state index contributed by atoms with van der Waals surface area (Å²) in [4.78, 5) is 44.8. The van der Waals surface area contributed by atoms with Gasteiger partial charge in [-0.3, -0.25) is 35.5 Å². The molecule has 11 N–H and O–H groups in total. The van der Waals surface area contributed by atoms with E-state index in [9.17, 15) is 19.2 Å². The molecule has 0 aliphatic heterocycles. The van der Waals surface area contributed by atoms with Gasteiger partial charge in [0.15, 0.2) is 5.78 Å². The fourth-order valence-electron chi connectivity index (χ4n) is 2.74. The van der Waals surface area contributed by atoms with Gasteiger partial charge in [-0.2, -0.15) is 0 Å². The van der Waals surface area contributed by atoms with Crippen molar-refractivity contribution in [2.24, 2.45) is 28.7 Å². The third-order valence-electron chi connectivity index (χ3n) is 4.79. The van der Waals surface area contributed by atoms with Crippen molar-refractivity contribution in [3.05, 3.63) is 0 Å². The number of carbonyl (C=O) groups excluding carboxylic acids is 4. The highest BCUT2D eigenvalue weighted by molar-refractivity contribution is 5.81. The van der Waals surface area contributed by atoms with Gasteiger partial charge in [0.2, 0.25) is 0 Å². The Morgan fingerprint density at radius 2 is 0.732 bits per heavy atom. The summed E-state index contributed by atoms with van der Waals surface area (Å²) >= 11 is 0. The lowest BCUT2D eigenvalue weighted by Crippen LogP contribution is -2.43. The Morgan fingerprint density at radius 1 is 0.463 bits per heavy atom. The Bertz CT molecular complexity index is 603. The molecule has 0 aromatic heterocycles. The van der Waals surface area contributed by atoms with Gasteiger partial charge in [-0.05, 0) is 0 Å². The second-order valence-electron chi connectivity index (χ2n) is 8.37. The number of amides is 3. The van der Waals surface area contributed by atoms with Gasteiger partial charge >= 0.3 is 0 Å². The van der Waals surface area contributed by atoms with E-state index in [2.05, 4.69) is 0 Å². The van der Waals surface area contributed by atoms with Crippen molar-refractivity contribution in [3.8, 4) is 0 Å². The molecule has 19 heteroatoms. The number of hydrazine groups is 3. The first-order valence-electron chi connectivity index (χ1n) is 12.6. The van der Waals surface area contributed by atoms with E-state index in [4.69, 9.17) is 61.2 Å². The summed E-state index contributed by atoms with van der Waals surface area (Å²) in [5, 5.41) is 0. The SMILES string of the molecule is NCC(=O)COCCOCC(COCCOCC(=O)NN)(COCCOCC(=O)NN)COCCOCC(=O)NN. The van der Waals surface area contributed by atoms with Crippen molar-refractivity contribution in [3.63, 3.8) is 0 Å². The molecule has 0 saturated heterocycles. The maximum absolute atomic E-state index is 11.3. The maximum atomic E-state index is 11.3. The molecule has 0 bridgehead atoms. The molecule has 0 radical (unpaired) electrons. The molecule has 0 unspecified atom stereocenters. The first kappa shape index (κ1) is 38.6. The van der Waals surface area contributed by atoms with E-state index in [1.165, 1.54) is 0 Å². The van der Waals surface area contributed by atoms with Crippen LogP contribution in [0.1, 0.15) is 0 Å². The van der Waals surface area contributed by atoms with Gasteiger partial charge in [-0.25, -0.2) is 17.5 Å². The molecule has 0 fully saturated rings. The van der Waals surface area contributed by atoms with Crippen LogP contribution in [0.3, 0.4) is 0 Å². The minimum atomic E-state index is -0.842. The summed E-state index contributed by atoms with van der Waals surface area (Å²) in [6.45, 7) is 0.546. The van der Waals surface area contributed by atoms with Crippen molar-refractivity contribution in [1.82, 2.24) is 16.3 Å². The first-order chi connectivity index (χ1) is 19.8. The van der Waals surface area contributed by atoms with Crippen LogP contribution in [0, 0.1) is 5.41 Å². The Balaban J connectivity index is 5.04. The highest BCUT2D eigenvalue weighted by Gasteiger charge is 2.32. The molecule has 0 heterocycles. The summed E-state index contributed by atoms with van der Waals surface area (Å²) in [5.74, 6) is 13.4. The fraction of sp³-hybridized carbons (Fsp3) is 0.818. The number of nitrogens with two attached hydrogens (primary N) is 4. The predicted molar refractivity (Wildman–Crippen MR) is 140 cm³/mol. The van der Waals surface area contributed by atoms with E-state index in [0.717, 1.165) is 0 Å². The van der Waals surface area contributed by atoms with E-state index in [0.29, 0.717) is 0 Å². The van der Waals surface area contributed by atoms with E-state index in [-0.39, 0.29) is 118 Å². The largest absolute Gasteiger partial charge is 0.378 e. The van der Waals surface area contributed by atoms with E-state index < -0.39 is 23.1 Å². The number of Topliss-reactive ketones (excluding diaryl/α,β-unsaturated/α-hetero) is 1. The molecule has 0 spiro atoms. The molecule has 3 amide bonds. The van der Waals surface area contributed by atoms with Crippen LogP contribution in [0.5, 0.6) is 0 Å². The number of rotatable bonds is 29. The average molecular weight is 600 g/mol. The van der Waals surface area contributed by atoms with Crippen LogP contribution in [-0.4, -0.2) is 136 Å². The number of nitrogens with one attached hydrogen (secondary N) is 3. The first-order valence-corrected chi connectivity index (χ1v) is 12.6. The molecule has 19 nitrogen and oxygen atoms in total. The summed E-state index contributed by atoms with van der Waals surface area (Å²) in [7, 11) is 0. The van der Waals surface area contributed by atoms with Crippen molar-refractivity contribution in [1.29, 1.82) is 0 Å².